The molecule has 13 heteroatoms. The largest absolute Gasteiger partial charge is 0.433 e. The summed E-state index contributed by atoms with van der Waals surface area (Å²) in [6, 6.07) is 5.12. The zero-order valence-electron chi connectivity index (χ0n) is 16.3. The van der Waals surface area contributed by atoms with Crippen molar-refractivity contribution in [1.29, 1.82) is 0 Å². The molecule has 7 nitrogen and oxygen atoms in total. The SMILES string of the molecule is CC1(O)CN(c2nc(-c3ccnc(C(F)(F)F)c3)nc(-c3cccc(C(F)(F)F)n3)n2)C1. The van der Waals surface area contributed by atoms with E-state index < -0.39 is 29.3 Å². The van der Waals surface area contributed by atoms with Crippen LogP contribution in [-0.4, -0.2) is 48.7 Å². The Hall–Kier alpha value is -3.35. The van der Waals surface area contributed by atoms with Crippen molar-refractivity contribution in [3.8, 4) is 22.9 Å². The minimum Gasteiger partial charge on any atom is -0.386 e. The lowest BCUT2D eigenvalue weighted by Gasteiger charge is -2.44. The maximum Gasteiger partial charge on any atom is 0.433 e. The van der Waals surface area contributed by atoms with Crippen LogP contribution in [0.2, 0.25) is 0 Å². The van der Waals surface area contributed by atoms with Crippen molar-refractivity contribution in [3.63, 3.8) is 0 Å². The number of hydrogen-bond donors (Lipinski definition) is 1. The number of β-amino-alcohol motifs (C(OH)–C–C–N with tert-alkyl or cyclic N) is 1. The molecule has 0 amide bonds. The van der Waals surface area contributed by atoms with Crippen molar-refractivity contribution in [2.45, 2.75) is 24.9 Å². The van der Waals surface area contributed by atoms with Gasteiger partial charge in [0.05, 0.1) is 18.7 Å². The van der Waals surface area contributed by atoms with Gasteiger partial charge in [0, 0.05) is 11.8 Å². The summed E-state index contributed by atoms with van der Waals surface area (Å²) in [5.74, 6) is -0.474. The Morgan fingerprint density at radius 2 is 1.53 bits per heavy atom. The van der Waals surface area contributed by atoms with Gasteiger partial charge in [-0.3, -0.25) is 4.98 Å². The first-order valence-electron chi connectivity index (χ1n) is 9.13. The molecule has 1 N–H and O–H groups in total. The normalized spacial score (nSPS) is 16.1. The van der Waals surface area contributed by atoms with E-state index in [2.05, 4.69) is 24.9 Å². The minimum absolute atomic E-state index is 0.0129. The number of pyridine rings is 2. The van der Waals surface area contributed by atoms with Crippen LogP contribution in [0.4, 0.5) is 32.3 Å². The molecule has 4 heterocycles. The van der Waals surface area contributed by atoms with Crippen LogP contribution in [0.25, 0.3) is 22.9 Å². The monoisotopic (exact) mass is 456 g/mol. The summed E-state index contributed by atoms with van der Waals surface area (Å²) in [6.07, 6.45) is -8.50. The van der Waals surface area contributed by atoms with Gasteiger partial charge in [-0.05, 0) is 31.2 Å². The molecular weight excluding hydrogens is 442 g/mol. The van der Waals surface area contributed by atoms with E-state index in [4.69, 9.17) is 0 Å². The van der Waals surface area contributed by atoms with E-state index in [-0.39, 0.29) is 41.9 Å². The molecule has 4 rings (SSSR count). The first-order chi connectivity index (χ1) is 14.8. The van der Waals surface area contributed by atoms with E-state index >= 15 is 0 Å². The average molecular weight is 456 g/mol. The summed E-state index contributed by atoms with van der Waals surface area (Å²) in [5, 5.41) is 9.99. The van der Waals surface area contributed by atoms with Gasteiger partial charge in [0.15, 0.2) is 11.6 Å². The van der Waals surface area contributed by atoms with Gasteiger partial charge < -0.3 is 10.0 Å². The summed E-state index contributed by atoms with van der Waals surface area (Å²) >= 11 is 0. The molecule has 3 aromatic heterocycles. The molecule has 0 bridgehead atoms. The van der Waals surface area contributed by atoms with Crippen molar-refractivity contribution < 1.29 is 31.4 Å². The molecule has 0 atom stereocenters. The highest BCUT2D eigenvalue weighted by atomic mass is 19.4. The molecule has 0 radical (unpaired) electrons. The van der Waals surface area contributed by atoms with Gasteiger partial charge in [-0.1, -0.05) is 6.07 Å². The molecule has 1 aliphatic heterocycles. The molecule has 0 saturated carbocycles. The van der Waals surface area contributed by atoms with Gasteiger partial charge >= 0.3 is 12.4 Å². The first kappa shape index (κ1) is 21.9. The zero-order chi connectivity index (χ0) is 23.3. The number of nitrogens with zero attached hydrogens (tertiary/aromatic N) is 6. The summed E-state index contributed by atoms with van der Waals surface area (Å²) < 4.78 is 78.4. The minimum atomic E-state index is -4.71. The van der Waals surface area contributed by atoms with Crippen molar-refractivity contribution in [3.05, 3.63) is 47.9 Å². The topological polar surface area (TPSA) is 87.9 Å². The van der Waals surface area contributed by atoms with Crippen molar-refractivity contribution in [2.75, 3.05) is 18.0 Å². The highest BCUT2D eigenvalue weighted by Gasteiger charge is 2.39. The fourth-order valence-corrected chi connectivity index (χ4v) is 3.11. The third-order valence-corrected chi connectivity index (χ3v) is 4.55. The quantitative estimate of drug-likeness (QED) is 0.603. The number of aliphatic hydroxyl groups is 1. The molecule has 32 heavy (non-hydrogen) atoms. The number of anilines is 1. The van der Waals surface area contributed by atoms with Crippen LogP contribution >= 0.6 is 0 Å². The predicted octanol–water partition coefficient (Wildman–Crippen LogP) is 3.60. The van der Waals surface area contributed by atoms with Gasteiger partial charge in [-0.2, -0.15) is 36.3 Å². The van der Waals surface area contributed by atoms with E-state index in [9.17, 15) is 31.4 Å². The summed E-state index contributed by atoms with van der Waals surface area (Å²) in [5.41, 5.74) is -3.67. The Bertz CT molecular complexity index is 1080. The van der Waals surface area contributed by atoms with Gasteiger partial charge in [-0.25, -0.2) is 9.97 Å². The standard InChI is InChI=1S/C19H14F6N6O/c1-17(32)8-31(9-17)16-29-14(10-5-6-26-13(7-10)19(23,24)25)28-15(30-16)11-3-2-4-12(27-11)18(20,21)22/h2-7,32H,8-9H2,1H3. The van der Waals surface area contributed by atoms with Gasteiger partial charge in [0.1, 0.15) is 17.1 Å². The molecule has 0 aliphatic carbocycles. The zero-order valence-corrected chi connectivity index (χ0v) is 16.3. The van der Waals surface area contributed by atoms with E-state index in [0.29, 0.717) is 0 Å². The van der Waals surface area contributed by atoms with Crippen molar-refractivity contribution in [2.24, 2.45) is 0 Å². The fourth-order valence-electron chi connectivity index (χ4n) is 3.11. The van der Waals surface area contributed by atoms with Crippen LogP contribution in [-0.2, 0) is 12.4 Å². The number of halogens is 6. The molecule has 0 unspecified atom stereocenters. The van der Waals surface area contributed by atoms with E-state index in [1.54, 1.807) is 6.92 Å². The van der Waals surface area contributed by atoms with Crippen molar-refractivity contribution in [1.82, 2.24) is 24.9 Å². The smallest absolute Gasteiger partial charge is 0.386 e. The Labute approximate surface area is 176 Å². The van der Waals surface area contributed by atoms with Crippen molar-refractivity contribution >= 4 is 5.95 Å². The maximum absolute atomic E-state index is 13.1. The van der Waals surface area contributed by atoms with Crippen LogP contribution in [0.3, 0.4) is 0 Å². The van der Waals surface area contributed by atoms with Crippen LogP contribution in [0.1, 0.15) is 18.3 Å². The Morgan fingerprint density at radius 1 is 0.875 bits per heavy atom. The van der Waals surface area contributed by atoms with Crippen LogP contribution in [0.15, 0.2) is 36.5 Å². The van der Waals surface area contributed by atoms with Crippen LogP contribution in [0, 0.1) is 0 Å². The number of aromatic nitrogens is 5. The van der Waals surface area contributed by atoms with Gasteiger partial charge in [0.25, 0.3) is 0 Å². The highest BCUT2D eigenvalue weighted by Crippen LogP contribution is 2.33. The van der Waals surface area contributed by atoms with E-state index in [1.807, 2.05) is 0 Å². The molecule has 1 fully saturated rings. The number of hydrogen-bond acceptors (Lipinski definition) is 7. The first-order valence-corrected chi connectivity index (χ1v) is 9.13. The molecular formula is C19H14F6N6O. The second-order valence-corrected chi connectivity index (χ2v) is 7.47. The molecule has 168 valence electrons. The van der Waals surface area contributed by atoms with Crippen LogP contribution < -0.4 is 4.90 Å². The second kappa shape index (κ2) is 7.36. The lowest BCUT2D eigenvalue weighted by molar-refractivity contribution is -0.141. The summed E-state index contributed by atoms with van der Waals surface area (Å²) in [7, 11) is 0. The van der Waals surface area contributed by atoms with Gasteiger partial charge in [0.2, 0.25) is 5.95 Å². The fraction of sp³-hybridized carbons (Fsp3) is 0.316. The van der Waals surface area contributed by atoms with Crippen LogP contribution in [0.5, 0.6) is 0 Å². The molecule has 0 spiro atoms. The number of alkyl halides is 6. The second-order valence-electron chi connectivity index (χ2n) is 7.47. The van der Waals surface area contributed by atoms with Gasteiger partial charge in [-0.15, -0.1) is 0 Å². The Balaban J connectivity index is 1.83. The average Bonchev–Trinajstić information content (AvgIpc) is 2.70. The highest BCUT2D eigenvalue weighted by molar-refractivity contribution is 5.62. The van der Waals surface area contributed by atoms with E-state index in [0.717, 1.165) is 24.4 Å². The maximum atomic E-state index is 13.1. The lowest BCUT2D eigenvalue weighted by Crippen LogP contribution is -2.60. The lowest BCUT2D eigenvalue weighted by atomic mass is 9.98. The molecule has 3 aromatic rings. The molecule has 0 aromatic carbocycles. The Kier molecular flexibility index (Phi) is 5.03. The predicted molar refractivity (Wildman–Crippen MR) is 99.1 cm³/mol. The number of rotatable bonds is 3. The third kappa shape index (κ3) is 4.47. The van der Waals surface area contributed by atoms with E-state index in [1.165, 1.54) is 17.0 Å². The molecule has 1 aliphatic rings. The summed E-state index contributed by atoms with van der Waals surface area (Å²) in [6.45, 7) is 1.81. The summed E-state index contributed by atoms with van der Waals surface area (Å²) in [4.78, 5) is 20.7. The Morgan fingerprint density at radius 3 is 2.16 bits per heavy atom. The molecule has 1 saturated heterocycles. The third-order valence-electron chi connectivity index (χ3n) is 4.55.